The standard InChI is InChI=1S/C20H25NO4/c1-24-17-8-15(3-4-16(17)18(22)25-2)21-19(23)20-9-12-5-13(10-20)7-14(6-12)11-20/h3-4,8,12-14H,5-7,9-11H2,1-2H3,(H,21,23). The third-order valence-corrected chi connectivity index (χ3v) is 6.38. The first-order valence-electron chi connectivity index (χ1n) is 9.11. The summed E-state index contributed by atoms with van der Waals surface area (Å²) in [6.45, 7) is 0. The number of carbonyl (C=O) groups is 2. The van der Waals surface area contributed by atoms with Crippen molar-refractivity contribution >= 4 is 17.6 Å². The first-order valence-corrected chi connectivity index (χ1v) is 9.11. The lowest BCUT2D eigenvalue weighted by atomic mass is 9.49. The third-order valence-electron chi connectivity index (χ3n) is 6.38. The summed E-state index contributed by atoms with van der Waals surface area (Å²) in [6, 6.07) is 5.08. The molecule has 1 N–H and O–H groups in total. The second-order valence-electron chi connectivity index (χ2n) is 8.06. The number of hydrogen-bond donors (Lipinski definition) is 1. The summed E-state index contributed by atoms with van der Waals surface area (Å²) in [5.74, 6) is 2.29. The fourth-order valence-electron chi connectivity index (χ4n) is 5.70. The molecular weight excluding hydrogens is 318 g/mol. The predicted octanol–water partition coefficient (Wildman–Crippen LogP) is 3.64. The number of anilines is 1. The molecule has 4 aliphatic carbocycles. The SMILES string of the molecule is COC(=O)c1ccc(NC(=O)C23CC4CC(CC(C4)C2)C3)cc1OC. The summed E-state index contributed by atoms with van der Waals surface area (Å²) in [6.07, 6.45) is 7.03. The molecule has 4 aliphatic rings. The van der Waals surface area contributed by atoms with Gasteiger partial charge in [0.2, 0.25) is 5.91 Å². The van der Waals surface area contributed by atoms with E-state index in [2.05, 4.69) is 5.32 Å². The van der Waals surface area contributed by atoms with Crippen LogP contribution in [0.15, 0.2) is 18.2 Å². The second-order valence-corrected chi connectivity index (χ2v) is 8.06. The highest BCUT2D eigenvalue weighted by Gasteiger charge is 2.54. The van der Waals surface area contributed by atoms with E-state index in [-0.39, 0.29) is 11.3 Å². The van der Waals surface area contributed by atoms with E-state index >= 15 is 0 Å². The molecule has 0 heterocycles. The van der Waals surface area contributed by atoms with Crippen molar-refractivity contribution in [2.24, 2.45) is 23.2 Å². The summed E-state index contributed by atoms with van der Waals surface area (Å²) in [7, 11) is 2.84. The van der Waals surface area contributed by atoms with E-state index in [1.54, 1.807) is 18.2 Å². The van der Waals surface area contributed by atoms with Crippen LogP contribution in [0.5, 0.6) is 5.75 Å². The molecule has 0 atom stereocenters. The van der Waals surface area contributed by atoms with Gasteiger partial charge in [-0.2, -0.15) is 0 Å². The van der Waals surface area contributed by atoms with E-state index in [1.807, 2.05) is 0 Å². The number of ether oxygens (including phenoxy) is 2. The molecule has 5 rings (SSSR count). The first kappa shape index (κ1) is 16.4. The van der Waals surface area contributed by atoms with Crippen LogP contribution in [0.3, 0.4) is 0 Å². The van der Waals surface area contributed by atoms with E-state index in [1.165, 1.54) is 33.5 Å². The number of carbonyl (C=O) groups excluding carboxylic acids is 2. The number of rotatable bonds is 4. The fraction of sp³-hybridized carbons (Fsp3) is 0.600. The molecule has 0 spiro atoms. The minimum atomic E-state index is -0.448. The van der Waals surface area contributed by atoms with E-state index in [4.69, 9.17) is 9.47 Å². The summed E-state index contributed by atoms with van der Waals surface area (Å²) >= 11 is 0. The maximum atomic E-state index is 13.1. The zero-order chi connectivity index (χ0) is 17.6. The fourth-order valence-corrected chi connectivity index (χ4v) is 5.70. The van der Waals surface area contributed by atoms with Crippen LogP contribution in [0, 0.1) is 23.2 Å². The number of methoxy groups -OCH3 is 2. The van der Waals surface area contributed by atoms with Crippen molar-refractivity contribution in [3.8, 4) is 5.75 Å². The van der Waals surface area contributed by atoms with Gasteiger partial charge >= 0.3 is 5.97 Å². The minimum Gasteiger partial charge on any atom is -0.496 e. The van der Waals surface area contributed by atoms with Gasteiger partial charge in [0, 0.05) is 11.8 Å². The van der Waals surface area contributed by atoms with E-state index < -0.39 is 5.97 Å². The molecule has 5 heteroatoms. The summed E-state index contributed by atoms with van der Waals surface area (Å²) in [5, 5.41) is 3.09. The van der Waals surface area contributed by atoms with Crippen molar-refractivity contribution < 1.29 is 19.1 Å². The number of benzene rings is 1. The van der Waals surface area contributed by atoms with Gasteiger partial charge in [-0.3, -0.25) is 4.79 Å². The van der Waals surface area contributed by atoms with E-state index in [0.717, 1.165) is 37.0 Å². The van der Waals surface area contributed by atoms with Crippen LogP contribution < -0.4 is 10.1 Å². The Morgan fingerprint density at radius 2 is 1.64 bits per heavy atom. The van der Waals surface area contributed by atoms with Crippen LogP contribution in [0.1, 0.15) is 48.9 Å². The van der Waals surface area contributed by atoms with Crippen LogP contribution in [0.2, 0.25) is 0 Å². The lowest BCUT2D eigenvalue weighted by Gasteiger charge is -2.55. The van der Waals surface area contributed by atoms with Crippen molar-refractivity contribution in [2.75, 3.05) is 19.5 Å². The van der Waals surface area contributed by atoms with Gasteiger partial charge < -0.3 is 14.8 Å². The topological polar surface area (TPSA) is 64.6 Å². The summed E-state index contributed by atoms with van der Waals surface area (Å²) < 4.78 is 10.0. The Hall–Kier alpha value is -2.04. The average molecular weight is 343 g/mol. The molecule has 4 bridgehead atoms. The van der Waals surface area contributed by atoms with Crippen LogP contribution in [0.4, 0.5) is 5.69 Å². The molecule has 1 amide bonds. The molecule has 0 saturated heterocycles. The normalized spacial score (nSPS) is 32.3. The molecule has 134 valence electrons. The second kappa shape index (κ2) is 6.04. The zero-order valence-electron chi connectivity index (χ0n) is 14.8. The van der Waals surface area contributed by atoms with Gasteiger partial charge in [-0.25, -0.2) is 4.79 Å². The average Bonchev–Trinajstić information content (AvgIpc) is 2.59. The van der Waals surface area contributed by atoms with Gasteiger partial charge in [0.05, 0.1) is 19.6 Å². The largest absolute Gasteiger partial charge is 0.496 e. The Morgan fingerprint density at radius 3 is 2.16 bits per heavy atom. The Labute approximate surface area is 148 Å². The molecule has 0 aromatic heterocycles. The van der Waals surface area contributed by atoms with Gasteiger partial charge in [-0.1, -0.05) is 0 Å². The van der Waals surface area contributed by atoms with Crippen molar-refractivity contribution in [1.29, 1.82) is 0 Å². The minimum absolute atomic E-state index is 0.138. The number of amides is 1. The summed E-state index contributed by atoms with van der Waals surface area (Å²) in [5.41, 5.74) is 0.839. The molecule has 4 saturated carbocycles. The number of nitrogens with one attached hydrogen (secondary N) is 1. The zero-order valence-corrected chi connectivity index (χ0v) is 14.8. The van der Waals surface area contributed by atoms with Crippen molar-refractivity contribution in [1.82, 2.24) is 0 Å². The van der Waals surface area contributed by atoms with Gasteiger partial charge in [-0.05, 0) is 68.4 Å². The van der Waals surface area contributed by atoms with Crippen LogP contribution in [-0.4, -0.2) is 26.1 Å². The molecule has 1 aromatic carbocycles. The quantitative estimate of drug-likeness (QED) is 0.848. The van der Waals surface area contributed by atoms with Crippen LogP contribution >= 0.6 is 0 Å². The molecule has 5 nitrogen and oxygen atoms in total. The molecule has 0 aliphatic heterocycles. The monoisotopic (exact) mass is 343 g/mol. The van der Waals surface area contributed by atoms with Gasteiger partial charge in [0.1, 0.15) is 11.3 Å². The molecule has 25 heavy (non-hydrogen) atoms. The van der Waals surface area contributed by atoms with Crippen molar-refractivity contribution in [3.05, 3.63) is 23.8 Å². The predicted molar refractivity (Wildman–Crippen MR) is 93.6 cm³/mol. The molecule has 1 aromatic rings. The number of esters is 1. The first-order chi connectivity index (χ1) is 12.0. The Balaban J connectivity index is 1.54. The maximum Gasteiger partial charge on any atom is 0.341 e. The highest BCUT2D eigenvalue weighted by Crippen LogP contribution is 2.60. The molecular formula is C20H25NO4. The van der Waals surface area contributed by atoms with E-state index in [9.17, 15) is 9.59 Å². The maximum absolute atomic E-state index is 13.1. The van der Waals surface area contributed by atoms with Crippen LogP contribution in [0.25, 0.3) is 0 Å². The van der Waals surface area contributed by atoms with Crippen LogP contribution in [-0.2, 0) is 9.53 Å². The molecule has 0 radical (unpaired) electrons. The van der Waals surface area contributed by atoms with E-state index in [0.29, 0.717) is 17.0 Å². The van der Waals surface area contributed by atoms with Gasteiger partial charge in [0.25, 0.3) is 0 Å². The lowest BCUT2D eigenvalue weighted by Crippen LogP contribution is -2.51. The summed E-state index contributed by atoms with van der Waals surface area (Å²) in [4.78, 5) is 24.9. The Kier molecular flexibility index (Phi) is 3.97. The Bertz CT molecular complexity index is 676. The third kappa shape index (κ3) is 2.79. The van der Waals surface area contributed by atoms with Gasteiger partial charge in [-0.15, -0.1) is 0 Å². The Morgan fingerprint density at radius 1 is 1.04 bits per heavy atom. The molecule has 0 unspecified atom stereocenters. The van der Waals surface area contributed by atoms with Crippen molar-refractivity contribution in [2.45, 2.75) is 38.5 Å². The molecule has 4 fully saturated rings. The van der Waals surface area contributed by atoms with Crippen molar-refractivity contribution in [3.63, 3.8) is 0 Å². The smallest absolute Gasteiger partial charge is 0.341 e. The van der Waals surface area contributed by atoms with Gasteiger partial charge in [0.15, 0.2) is 0 Å². The highest BCUT2D eigenvalue weighted by molar-refractivity contribution is 5.97. The highest BCUT2D eigenvalue weighted by atomic mass is 16.5. The number of hydrogen-bond acceptors (Lipinski definition) is 4. The lowest BCUT2D eigenvalue weighted by molar-refractivity contribution is -0.140.